The number of hydrogen-bond donors (Lipinski definition) is 3. The highest BCUT2D eigenvalue weighted by molar-refractivity contribution is 9.10. The van der Waals surface area contributed by atoms with E-state index in [1.165, 1.54) is 13.4 Å². The van der Waals surface area contributed by atoms with Gasteiger partial charge in [-0.15, -0.1) is 6.42 Å². The van der Waals surface area contributed by atoms with Gasteiger partial charge in [-0.05, 0) is 15.9 Å². The number of methoxy groups -OCH3 is 1. The summed E-state index contributed by atoms with van der Waals surface area (Å²) < 4.78 is 7.47. The predicted octanol–water partition coefficient (Wildman–Crippen LogP) is 0.148. The summed E-state index contributed by atoms with van der Waals surface area (Å²) in [6, 6.07) is 0. The molecule has 0 saturated heterocycles. The van der Waals surface area contributed by atoms with Gasteiger partial charge in [0, 0.05) is 17.8 Å². The molecular weight excluding hydrogens is 340 g/mol. The molecule has 2 rings (SSSR count). The maximum atomic E-state index is 10.3. The van der Waals surface area contributed by atoms with Crippen molar-refractivity contribution in [1.29, 1.82) is 0 Å². The fraction of sp³-hybridized carbons (Fsp3) is 0.385. The molecule has 0 aliphatic rings. The van der Waals surface area contributed by atoms with Crippen LogP contribution in [0.1, 0.15) is 0 Å². The number of nitrogens with zero attached hydrogens (tertiary/aromatic N) is 3. The van der Waals surface area contributed by atoms with Gasteiger partial charge < -0.3 is 25.3 Å². The van der Waals surface area contributed by atoms with Gasteiger partial charge in [0.2, 0.25) is 0 Å². The van der Waals surface area contributed by atoms with Gasteiger partial charge in [0.1, 0.15) is 23.9 Å². The number of hydrogen-bond acceptors (Lipinski definition) is 6. The van der Waals surface area contributed by atoms with Crippen LogP contribution < -0.4 is 5.73 Å². The molecule has 0 aliphatic carbocycles. The molecule has 0 aromatic carbocycles. The minimum atomic E-state index is -1.47. The molecule has 7 nitrogen and oxygen atoms in total. The number of aliphatic hydroxyl groups is 2. The van der Waals surface area contributed by atoms with Crippen LogP contribution in [0.4, 0.5) is 5.82 Å². The SMILES string of the molecule is C#C[C@](CO)(OC)[C@@H](O)Cn1cc(Br)c2c(N)ncnc21. The molecule has 112 valence electrons. The normalized spacial score (nSPS) is 15.6. The lowest BCUT2D eigenvalue weighted by atomic mass is 9.98. The minimum Gasteiger partial charge on any atom is -0.392 e. The predicted molar refractivity (Wildman–Crippen MR) is 81.3 cm³/mol. The standard InChI is InChI=1S/C13H15BrN4O3/c1-3-13(6-19,21-2)9(20)5-18-4-8(14)10-11(15)16-7-17-12(10)18/h1,4,7,9,19-20H,5-6H2,2H3,(H2,15,16,17)/t9-,13+/m0/s1. The van der Waals surface area contributed by atoms with Crippen LogP contribution in [0.2, 0.25) is 0 Å². The summed E-state index contributed by atoms with van der Waals surface area (Å²) in [5.74, 6) is 2.63. The Morgan fingerprint density at radius 3 is 2.90 bits per heavy atom. The van der Waals surface area contributed by atoms with Crippen LogP contribution in [-0.4, -0.2) is 50.2 Å². The first-order valence-corrected chi connectivity index (χ1v) is 6.85. The van der Waals surface area contributed by atoms with Gasteiger partial charge in [-0.1, -0.05) is 5.92 Å². The molecule has 2 atom stereocenters. The van der Waals surface area contributed by atoms with Gasteiger partial charge in [0.25, 0.3) is 0 Å². The smallest absolute Gasteiger partial charge is 0.178 e. The molecule has 21 heavy (non-hydrogen) atoms. The number of nitrogens with two attached hydrogens (primary N) is 1. The molecule has 0 spiro atoms. The Morgan fingerprint density at radius 1 is 1.62 bits per heavy atom. The molecule has 0 aliphatic heterocycles. The van der Waals surface area contributed by atoms with Crippen LogP contribution in [0, 0.1) is 12.3 Å². The third-order valence-electron chi connectivity index (χ3n) is 3.39. The molecule has 0 amide bonds. The van der Waals surface area contributed by atoms with Crippen LogP contribution in [-0.2, 0) is 11.3 Å². The highest BCUT2D eigenvalue weighted by Gasteiger charge is 2.36. The molecule has 0 radical (unpaired) electrons. The van der Waals surface area contributed by atoms with Crippen LogP contribution in [0.15, 0.2) is 17.0 Å². The maximum absolute atomic E-state index is 10.3. The molecule has 2 aromatic rings. The minimum absolute atomic E-state index is 0.0805. The van der Waals surface area contributed by atoms with E-state index in [9.17, 15) is 10.2 Å². The largest absolute Gasteiger partial charge is 0.392 e. The van der Waals surface area contributed by atoms with Crippen molar-refractivity contribution in [2.24, 2.45) is 0 Å². The third kappa shape index (κ3) is 2.61. The quantitative estimate of drug-likeness (QED) is 0.659. The Hall–Kier alpha value is -1.66. The highest BCUT2D eigenvalue weighted by atomic mass is 79.9. The van der Waals surface area contributed by atoms with Crippen LogP contribution in [0.25, 0.3) is 11.0 Å². The van der Waals surface area contributed by atoms with Crippen LogP contribution >= 0.6 is 15.9 Å². The van der Waals surface area contributed by atoms with Gasteiger partial charge in [-0.3, -0.25) is 0 Å². The average molecular weight is 355 g/mol. The first-order chi connectivity index (χ1) is 9.99. The number of aliphatic hydroxyl groups excluding tert-OH is 2. The zero-order valence-corrected chi connectivity index (χ0v) is 12.9. The average Bonchev–Trinajstić information content (AvgIpc) is 2.79. The number of fused-ring (bicyclic) bond motifs is 1. The second-order valence-electron chi connectivity index (χ2n) is 4.50. The van der Waals surface area contributed by atoms with Gasteiger partial charge in [0.05, 0.1) is 18.5 Å². The van der Waals surface area contributed by atoms with Crippen molar-refractivity contribution >= 4 is 32.8 Å². The summed E-state index contributed by atoms with van der Waals surface area (Å²) in [5, 5.41) is 20.4. The van der Waals surface area contributed by atoms with E-state index in [-0.39, 0.29) is 6.54 Å². The van der Waals surface area contributed by atoms with Gasteiger partial charge >= 0.3 is 0 Å². The van der Waals surface area contributed by atoms with Gasteiger partial charge in [-0.25, -0.2) is 9.97 Å². The fourth-order valence-electron chi connectivity index (χ4n) is 2.08. The monoisotopic (exact) mass is 354 g/mol. The molecule has 2 aromatic heterocycles. The molecule has 2 heterocycles. The first-order valence-electron chi connectivity index (χ1n) is 6.05. The van der Waals surface area contributed by atoms with E-state index in [1.807, 2.05) is 0 Å². The third-order valence-corrected chi connectivity index (χ3v) is 3.99. The summed E-state index contributed by atoms with van der Waals surface area (Å²) >= 11 is 3.38. The van der Waals surface area contributed by atoms with Gasteiger partial charge in [-0.2, -0.15) is 0 Å². The van der Waals surface area contributed by atoms with Crippen LogP contribution in [0.5, 0.6) is 0 Å². The number of ether oxygens (including phenoxy) is 1. The zero-order chi connectivity index (χ0) is 15.6. The number of nitrogen functional groups attached to an aromatic ring is 1. The van der Waals surface area contributed by atoms with E-state index in [1.54, 1.807) is 10.8 Å². The molecule has 0 saturated carbocycles. The first kappa shape index (κ1) is 15.7. The number of anilines is 1. The van der Waals surface area contributed by atoms with Crippen molar-refractivity contribution in [3.8, 4) is 12.3 Å². The summed E-state index contributed by atoms with van der Waals surface area (Å²) in [6.45, 7) is -0.421. The van der Waals surface area contributed by atoms with E-state index < -0.39 is 18.3 Å². The van der Waals surface area contributed by atoms with E-state index in [0.717, 1.165) is 0 Å². The zero-order valence-electron chi connectivity index (χ0n) is 11.3. The molecule has 0 unspecified atom stereocenters. The Labute approximate surface area is 129 Å². The summed E-state index contributed by atoms with van der Waals surface area (Å²) in [6.07, 6.45) is 7.29. The fourth-order valence-corrected chi connectivity index (χ4v) is 2.71. The molecule has 4 N–H and O–H groups in total. The lowest BCUT2D eigenvalue weighted by molar-refractivity contribution is -0.0947. The van der Waals surface area contributed by atoms with Gasteiger partial charge in [0.15, 0.2) is 5.60 Å². The lowest BCUT2D eigenvalue weighted by Gasteiger charge is -2.30. The second kappa shape index (κ2) is 5.99. The summed E-state index contributed by atoms with van der Waals surface area (Å²) in [4.78, 5) is 8.07. The molecule has 0 fully saturated rings. The Balaban J connectivity index is 2.41. The van der Waals surface area contributed by atoms with Crippen molar-refractivity contribution in [3.63, 3.8) is 0 Å². The second-order valence-corrected chi connectivity index (χ2v) is 5.35. The van der Waals surface area contributed by atoms with E-state index in [4.69, 9.17) is 16.9 Å². The topological polar surface area (TPSA) is 106 Å². The lowest BCUT2D eigenvalue weighted by Crippen LogP contribution is -2.48. The van der Waals surface area contributed by atoms with E-state index >= 15 is 0 Å². The molecule has 8 heteroatoms. The summed E-state index contributed by atoms with van der Waals surface area (Å²) in [7, 11) is 1.34. The Bertz CT molecular complexity index is 691. The van der Waals surface area contributed by atoms with Crippen molar-refractivity contribution < 1.29 is 14.9 Å². The summed E-state index contributed by atoms with van der Waals surface area (Å²) in [5.41, 5.74) is 4.89. The number of halogens is 1. The van der Waals surface area contributed by atoms with Crippen molar-refractivity contribution in [3.05, 3.63) is 17.0 Å². The molecule has 0 bridgehead atoms. The number of aromatic nitrogens is 3. The number of rotatable bonds is 5. The maximum Gasteiger partial charge on any atom is 0.178 e. The van der Waals surface area contributed by atoms with Crippen molar-refractivity contribution in [1.82, 2.24) is 14.5 Å². The van der Waals surface area contributed by atoms with E-state index in [0.29, 0.717) is 21.3 Å². The van der Waals surface area contributed by atoms with Crippen molar-refractivity contribution in [2.45, 2.75) is 18.2 Å². The van der Waals surface area contributed by atoms with E-state index in [2.05, 4.69) is 31.8 Å². The number of terminal acetylenes is 1. The van der Waals surface area contributed by atoms with Crippen LogP contribution in [0.3, 0.4) is 0 Å². The highest BCUT2D eigenvalue weighted by Crippen LogP contribution is 2.29. The Morgan fingerprint density at radius 2 is 2.33 bits per heavy atom. The van der Waals surface area contributed by atoms with Crippen molar-refractivity contribution in [2.75, 3.05) is 19.5 Å². The Kier molecular flexibility index (Phi) is 4.49. The molecular formula is C13H15BrN4O3.